The van der Waals surface area contributed by atoms with Gasteiger partial charge in [-0.25, -0.2) is 39.5 Å². The van der Waals surface area contributed by atoms with Crippen molar-refractivity contribution < 1.29 is 129 Å². The number of hydrogen-bond acceptors (Lipinski definition) is 27. The zero-order chi connectivity index (χ0) is 88.5. The van der Waals surface area contributed by atoms with E-state index >= 15 is 0 Å². The number of amides is 3. The molecule has 6 aromatic rings. The van der Waals surface area contributed by atoms with Gasteiger partial charge in [-0.1, -0.05) is 91.3 Å². The topological polar surface area (TPSA) is 540 Å². The third kappa shape index (κ3) is 25.4. The minimum Gasteiger partial charge on any atom is -0.493 e. The van der Waals surface area contributed by atoms with Crippen molar-refractivity contribution in [2.24, 2.45) is 30.0 Å². The smallest absolute Gasteiger partial charge is 0.493 e. The highest BCUT2D eigenvalue weighted by Crippen LogP contribution is 2.46. The number of nitrogens with one attached hydrogen (secondary N) is 1. The molecule has 4 aromatic carbocycles. The summed E-state index contributed by atoms with van der Waals surface area (Å²) in [6.07, 6.45) is -0.0457. The van der Waals surface area contributed by atoms with Crippen LogP contribution in [0.1, 0.15) is 119 Å². The van der Waals surface area contributed by atoms with Gasteiger partial charge in [0.15, 0.2) is 40.0 Å². The second kappa shape index (κ2) is 38.8. The van der Waals surface area contributed by atoms with Crippen LogP contribution in [0.2, 0.25) is 38.3 Å². The molecule has 5 aliphatic rings. The van der Waals surface area contributed by atoms with E-state index in [1.807, 2.05) is 107 Å². The zero-order valence-corrected chi connectivity index (χ0v) is 75.7. The number of alkyl carbamates (subject to hydrolysis) is 1. The molecule has 0 radical (unpaired) electrons. The average molecular weight is 1870 g/mol. The van der Waals surface area contributed by atoms with Gasteiger partial charge in [0.25, 0.3) is 72.5 Å². The number of nitrogens with zero attached hydrogens (tertiary/aromatic N) is 11. The summed E-state index contributed by atoms with van der Waals surface area (Å²) in [5, 5.41) is 5.20. The number of hydrogen-bond donors (Lipinski definition) is 7. The van der Waals surface area contributed by atoms with Crippen LogP contribution < -0.4 is 21.0 Å². The zero-order valence-electron chi connectivity index (χ0n) is 67.8. The number of hydroxylamine groups is 2. The molecular weight excluding hydrogens is 1770 g/mol. The first kappa shape index (κ1) is 94.5. The number of amidine groups is 4. The summed E-state index contributed by atoms with van der Waals surface area (Å²) in [7, 11) is -40.2. The van der Waals surface area contributed by atoms with Crippen molar-refractivity contribution in [2.45, 2.75) is 135 Å². The van der Waals surface area contributed by atoms with Crippen molar-refractivity contribution >= 4 is 167 Å². The molecule has 1 saturated heterocycles. The van der Waals surface area contributed by atoms with E-state index in [1.165, 1.54) is 0 Å². The maximum atomic E-state index is 13.0. The molecule has 11 rings (SSSR count). The lowest BCUT2D eigenvalue weighted by molar-refractivity contribution is -0.928. The molecule has 7 N–H and O–H groups in total. The van der Waals surface area contributed by atoms with Crippen LogP contribution in [0, 0.1) is 0 Å². The standard InChI is InChI=1S/C74H100N12O27S6Si3/c1-120(2,52-21-42-85(36-15-46-114(91,92)93,37-16-47-115(94,95)96)38-17-48-116(97,98)99)112-122(113-121(3,4)53-22-43-86(39-18-49-117(100,101)102,40-19-50-118(103,104)105)41-20-51-119(106,107)108)83-70-56-26-9-10-27-57(56)72(83)80-68-60-30-14-31-61(109-44-23-45-110-74(90)75-35-13-5-6-32-64(89)111-82-62(87)33-34-63(82)88)65(60)69(77-68)81-73-59-29-12-11-28-58(59)71(84(73)122)79-67-55-25-8-7-24-54(55)66(76-67)78-70/h7-12,14,24-31H,5-6,13,15-23,32-53H2,1-4H3,(H5-2,75,90,91,92,93,94,95,96,97,98,99,100,101,102,103,104,105,106,107,108)/p+2. The molecule has 7 heterocycles. The molecule has 0 atom stereocenters. The van der Waals surface area contributed by atoms with Gasteiger partial charge >= 0.3 is 20.9 Å². The Hall–Kier alpha value is -8.13. The highest BCUT2D eigenvalue weighted by atomic mass is 32.2. The second-order valence-corrected chi connectivity index (χ2v) is 53.3. The van der Waals surface area contributed by atoms with Crippen molar-refractivity contribution in [3.8, 4) is 5.75 Å². The van der Waals surface area contributed by atoms with Crippen molar-refractivity contribution in [1.82, 2.24) is 18.8 Å². The van der Waals surface area contributed by atoms with Gasteiger partial charge in [-0.05, 0) is 70.0 Å². The van der Waals surface area contributed by atoms with Crippen molar-refractivity contribution in [3.63, 3.8) is 0 Å². The van der Waals surface area contributed by atoms with Gasteiger partial charge < -0.3 is 36.8 Å². The molecule has 666 valence electrons. The van der Waals surface area contributed by atoms with Gasteiger partial charge in [-0.3, -0.25) is 45.4 Å². The van der Waals surface area contributed by atoms with Crippen molar-refractivity contribution in [3.05, 3.63) is 124 Å². The predicted octanol–water partition coefficient (Wildman–Crippen LogP) is 6.56. The second-order valence-electron chi connectivity index (χ2n) is 32.2. The molecule has 2 aromatic heterocycles. The van der Waals surface area contributed by atoms with Crippen LogP contribution in [-0.4, -0.2) is 280 Å². The van der Waals surface area contributed by atoms with Crippen LogP contribution in [-0.2, 0) is 92.9 Å². The fourth-order valence-corrected chi connectivity index (χ4v) is 31.7. The molecular formula is C74H102N12O27S6Si3+2. The van der Waals surface area contributed by atoms with Crippen LogP contribution in [0.5, 0.6) is 5.75 Å². The molecule has 3 amide bonds. The first-order chi connectivity index (χ1) is 57.2. The van der Waals surface area contributed by atoms with E-state index in [2.05, 4.69) is 5.32 Å². The Morgan fingerprint density at radius 3 is 1.26 bits per heavy atom. The number of benzene rings is 4. The number of quaternary nitrogens is 2. The molecule has 1 fully saturated rings. The molecule has 0 spiro atoms. The maximum absolute atomic E-state index is 13.0. The van der Waals surface area contributed by atoms with Crippen LogP contribution in [0.4, 0.5) is 16.4 Å². The molecule has 122 heavy (non-hydrogen) atoms. The molecule has 39 nitrogen and oxygen atoms in total. The van der Waals surface area contributed by atoms with Gasteiger partial charge in [0.1, 0.15) is 28.4 Å². The quantitative estimate of drug-likeness (QED) is 0.00699. The molecule has 0 aliphatic carbocycles. The Labute approximate surface area is 710 Å². The number of carbonyl (C=O) groups excluding carboxylic acids is 4. The fourth-order valence-electron chi connectivity index (χ4n) is 16.2. The van der Waals surface area contributed by atoms with Crippen LogP contribution in [0.25, 0.3) is 21.5 Å². The van der Waals surface area contributed by atoms with Crippen molar-refractivity contribution in [1.29, 1.82) is 0 Å². The van der Waals surface area contributed by atoms with Gasteiger partial charge in [0.2, 0.25) is 0 Å². The predicted molar refractivity (Wildman–Crippen MR) is 458 cm³/mol. The SMILES string of the molecule is C[Si](C)(CCC[N+](CCCS(=O)(=O)O)(CCCS(=O)(=O)O)CCCS(=O)(=O)O)O[Si]1(O[Si](C)(C)CCC[N+](CCCS(=O)(=O)O)(CCCS(=O)(=O)O)CCCS(=O)(=O)O)n2c3c4ccccc4c2N=C2N=C(N=c4c5ccccc5c(n41)=NC1=NC(=N3)c3ccccc31)c1cccc(OCCCOC(=O)NCCCCCC(=O)ON3C(=O)CCC3=O)c12. The molecule has 48 heteroatoms. The lowest BCUT2D eigenvalue weighted by Crippen LogP contribution is -2.70. The summed E-state index contributed by atoms with van der Waals surface area (Å²) < 4.78 is 241. The Balaban J connectivity index is 1.06. The summed E-state index contributed by atoms with van der Waals surface area (Å²) >= 11 is 0. The summed E-state index contributed by atoms with van der Waals surface area (Å²) in [5.74, 6) is -4.82. The number of aliphatic imine (C=N–C) groups is 4. The van der Waals surface area contributed by atoms with E-state index in [1.54, 1.807) is 18.2 Å². The van der Waals surface area contributed by atoms with Gasteiger partial charge in [-0.15, -0.1) is 5.06 Å². The molecule has 0 saturated carbocycles. The van der Waals surface area contributed by atoms with E-state index < -0.39 is 145 Å². The molecule has 6 bridgehead atoms. The monoisotopic (exact) mass is 1870 g/mol. The third-order valence-corrected chi connectivity index (χ3v) is 38.0. The first-order valence-electron chi connectivity index (χ1n) is 39.9. The van der Waals surface area contributed by atoms with Gasteiger partial charge in [0.05, 0.1) is 106 Å². The minimum absolute atomic E-state index is 0.00609. The number of ether oxygens (including phenoxy) is 2. The summed E-state index contributed by atoms with van der Waals surface area (Å²) in [4.78, 5) is 87.0. The van der Waals surface area contributed by atoms with Gasteiger partial charge in [0, 0.05) is 109 Å². The largest absolute Gasteiger partial charge is 0.582 e. The number of unbranched alkanes of at least 4 members (excludes halogenated alkanes) is 2. The van der Waals surface area contributed by atoms with Crippen molar-refractivity contribution in [2.75, 3.05) is 107 Å². The van der Waals surface area contributed by atoms with E-state index in [9.17, 15) is 97.0 Å². The lowest BCUT2D eigenvalue weighted by Gasteiger charge is -2.44. The molecule has 5 aliphatic heterocycles. The number of imide groups is 1. The lowest BCUT2D eigenvalue weighted by atomic mass is 10.1. The summed E-state index contributed by atoms with van der Waals surface area (Å²) in [6, 6.07) is 27.7. The van der Waals surface area contributed by atoms with E-state index in [4.69, 9.17) is 52.5 Å². The normalized spacial score (nSPS) is 15.6. The minimum atomic E-state index is -5.25. The van der Waals surface area contributed by atoms with Crippen LogP contribution in [0.15, 0.2) is 121 Å². The number of carbonyl (C=O) groups is 4. The Kier molecular flexibility index (Phi) is 30.0. The fraction of sp³-hybridized carbons (Fsp3) is 0.514. The Morgan fingerprint density at radius 1 is 0.434 bits per heavy atom. The van der Waals surface area contributed by atoms with E-state index in [-0.39, 0.29) is 216 Å². The van der Waals surface area contributed by atoms with Crippen LogP contribution >= 0.6 is 0 Å². The third-order valence-electron chi connectivity index (χ3n) is 21.6. The number of rotatable bonds is 48. The average Bonchev–Trinajstić information content (AvgIpc) is 1.52. The highest BCUT2D eigenvalue weighted by molar-refractivity contribution is 7.87. The highest BCUT2D eigenvalue weighted by Gasteiger charge is 2.58. The van der Waals surface area contributed by atoms with E-state index in [0.29, 0.717) is 73.9 Å². The van der Waals surface area contributed by atoms with Crippen LogP contribution in [0.3, 0.4) is 0 Å². The molecule has 0 unspecified atom stereocenters. The Morgan fingerprint density at radius 2 is 0.820 bits per heavy atom. The number of fused-ring (bicyclic) bond motifs is 14. The Bertz CT molecular complexity index is 5660. The maximum Gasteiger partial charge on any atom is 0.582 e. The van der Waals surface area contributed by atoms with E-state index in [0.717, 1.165) is 0 Å². The summed E-state index contributed by atoms with van der Waals surface area (Å²) in [6.45, 7) is 7.73. The first-order valence-corrected chi connectivity index (χ1v) is 57.5. The number of aromatic nitrogens is 2. The summed E-state index contributed by atoms with van der Waals surface area (Å²) in [5.41, 5.74) is 2.50. The van der Waals surface area contributed by atoms with Gasteiger partial charge in [-0.2, -0.15) is 50.5 Å².